The molecule has 4 amide bonds. The van der Waals surface area contributed by atoms with E-state index < -0.39 is 59.6 Å². The summed E-state index contributed by atoms with van der Waals surface area (Å²) in [4.78, 5) is 65.1. The van der Waals surface area contributed by atoms with E-state index in [1.54, 1.807) is 51.1 Å². The van der Waals surface area contributed by atoms with Crippen LogP contribution >= 0.6 is 0 Å². The second-order valence-electron chi connectivity index (χ2n) is 11.4. The van der Waals surface area contributed by atoms with Crippen LogP contribution in [-0.2, 0) is 41.7 Å². The average Bonchev–Trinajstić information content (AvgIpc) is 3.28. The molecule has 0 spiro atoms. The standard InChI is InChI=1S/C31H40N4O8/c1-30(2,3)43-28(39)31(41)24(17-18-35(31)26(37)16-10-15-21-11-6-4-7-12-21)34-27(38)23(19-25(32)36)33-29(40)42-20-22-13-8-5-9-14-22/h4-9,11-14,23-24,41H,10,15-20H2,1-3H3,(H2,32,36)(H,33,40)(H,34,38)/t23-,24-,31-/m0/s1. The fourth-order valence-corrected chi connectivity index (χ4v) is 4.72. The van der Waals surface area contributed by atoms with E-state index in [9.17, 15) is 29.1 Å². The first-order valence-corrected chi connectivity index (χ1v) is 14.2. The summed E-state index contributed by atoms with van der Waals surface area (Å²) in [6.45, 7) is 4.70. The lowest BCUT2D eigenvalue weighted by Crippen LogP contribution is -2.65. The number of amides is 4. The SMILES string of the molecule is CC(C)(C)OC(=O)[C@@]1(O)[C@@H](NC(=O)[C@H](CC(N)=O)NC(=O)OCc2ccccc2)CCN1C(=O)CCCc1ccccc1. The van der Waals surface area contributed by atoms with Gasteiger partial charge >= 0.3 is 12.1 Å². The van der Waals surface area contributed by atoms with Crippen LogP contribution in [0.25, 0.3) is 0 Å². The number of aliphatic hydroxyl groups is 1. The predicted molar refractivity (Wildman–Crippen MR) is 156 cm³/mol. The monoisotopic (exact) mass is 596 g/mol. The number of esters is 1. The van der Waals surface area contributed by atoms with Gasteiger partial charge in [-0.15, -0.1) is 0 Å². The van der Waals surface area contributed by atoms with Crippen molar-refractivity contribution in [3.05, 3.63) is 71.8 Å². The number of nitrogens with one attached hydrogen (secondary N) is 2. The predicted octanol–water partition coefficient (Wildman–Crippen LogP) is 1.93. The molecule has 0 radical (unpaired) electrons. The van der Waals surface area contributed by atoms with Gasteiger partial charge in [-0.05, 0) is 51.2 Å². The molecular formula is C31H40N4O8. The number of rotatable bonds is 12. The van der Waals surface area contributed by atoms with Gasteiger partial charge in [0.15, 0.2) is 0 Å². The summed E-state index contributed by atoms with van der Waals surface area (Å²) >= 11 is 0. The molecule has 12 nitrogen and oxygen atoms in total. The minimum Gasteiger partial charge on any atom is -0.456 e. The van der Waals surface area contributed by atoms with Crippen LogP contribution in [0.2, 0.25) is 0 Å². The van der Waals surface area contributed by atoms with Crippen molar-refractivity contribution in [1.29, 1.82) is 0 Å². The maximum absolute atomic E-state index is 13.3. The molecule has 2 aromatic rings. The van der Waals surface area contributed by atoms with Crippen molar-refractivity contribution in [1.82, 2.24) is 15.5 Å². The Morgan fingerprint density at radius 2 is 1.63 bits per heavy atom. The molecule has 0 aliphatic carbocycles. The molecule has 232 valence electrons. The Kier molecular flexibility index (Phi) is 11.2. The van der Waals surface area contributed by atoms with E-state index in [1.807, 2.05) is 30.3 Å². The Balaban J connectivity index is 1.73. The fourth-order valence-electron chi connectivity index (χ4n) is 4.72. The third-order valence-corrected chi connectivity index (χ3v) is 6.78. The lowest BCUT2D eigenvalue weighted by molar-refractivity contribution is -0.200. The van der Waals surface area contributed by atoms with Crippen LogP contribution in [0.1, 0.15) is 57.6 Å². The molecule has 1 aliphatic rings. The van der Waals surface area contributed by atoms with Gasteiger partial charge in [-0.3, -0.25) is 14.4 Å². The van der Waals surface area contributed by atoms with Crippen LogP contribution in [0.3, 0.4) is 0 Å². The minimum atomic E-state index is -2.53. The molecule has 0 saturated carbocycles. The lowest BCUT2D eigenvalue weighted by Gasteiger charge is -2.37. The zero-order valence-corrected chi connectivity index (χ0v) is 24.7. The van der Waals surface area contributed by atoms with Crippen LogP contribution in [0.4, 0.5) is 4.79 Å². The number of benzene rings is 2. The van der Waals surface area contributed by atoms with Gasteiger partial charge in [0.2, 0.25) is 17.7 Å². The maximum atomic E-state index is 13.3. The van der Waals surface area contributed by atoms with Crippen molar-refractivity contribution in [2.24, 2.45) is 5.73 Å². The van der Waals surface area contributed by atoms with Gasteiger partial charge in [0.1, 0.15) is 18.2 Å². The summed E-state index contributed by atoms with van der Waals surface area (Å²) in [5.41, 5.74) is 3.52. The second kappa shape index (κ2) is 14.6. The van der Waals surface area contributed by atoms with Gasteiger partial charge in [0.05, 0.1) is 12.5 Å². The van der Waals surface area contributed by atoms with Crippen molar-refractivity contribution in [3.63, 3.8) is 0 Å². The summed E-state index contributed by atoms with van der Waals surface area (Å²) in [6.07, 6.45) is -0.420. The van der Waals surface area contributed by atoms with E-state index >= 15 is 0 Å². The molecular weight excluding hydrogens is 556 g/mol. The number of likely N-dealkylation sites (tertiary alicyclic amines) is 1. The molecule has 12 heteroatoms. The smallest absolute Gasteiger partial charge is 0.408 e. The number of carbonyl (C=O) groups is 5. The number of aryl methyl sites for hydroxylation is 1. The summed E-state index contributed by atoms with van der Waals surface area (Å²) < 4.78 is 10.6. The number of ether oxygens (including phenoxy) is 2. The molecule has 5 N–H and O–H groups in total. The first kappa shape index (κ1) is 33.1. The summed E-state index contributed by atoms with van der Waals surface area (Å²) in [5.74, 6) is -3.38. The van der Waals surface area contributed by atoms with E-state index in [1.165, 1.54) is 0 Å². The summed E-state index contributed by atoms with van der Waals surface area (Å²) in [6, 6.07) is 15.6. The van der Waals surface area contributed by atoms with E-state index in [2.05, 4.69) is 10.6 Å². The third-order valence-electron chi connectivity index (χ3n) is 6.78. The van der Waals surface area contributed by atoms with E-state index in [0.717, 1.165) is 10.5 Å². The molecule has 0 bridgehead atoms. The highest BCUT2D eigenvalue weighted by molar-refractivity contribution is 5.93. The van der Waals surface area contributed by atoms with Gasteiger partial charge in [0.25, 0.3) is 5.72 Å². The summed E-state index contributed by atoms with van der Waals surface area (Å²) in [7, 11) is 0. The van der Waals surface area contributed by atoms with Gasteiger partial charge in [-0.2, -0.15) is 0 Å². The number of hydrogen-bond acceptors (Lipinski definition) is 8. The maximum Gasteiger partial charge on any atom is 0.408 e. The quantitative estimate of drug-likeness (QED) is 0.269. The van der Waals surface area contributed by atoms with Crippen molar-refractivity contribution < 1.29 is 38.6 Å². The molecule has 3 atom stereocenters. The zero-order valence-electron chi connectivity index (χ0n) is 24.7. The van der Waals surface area contributed by atoms with Crippen molar-refractivity contribution in [2.45, 2.75) is 82.9 Å². The fraction of sp³-hybridized carbons (Fsp3) is 0.452. The molecule has 1 fully saturated rings. The topological polar surface area (TPSA) is 177 Å². The van der Waals surface area contributed by atoms with E-state index in [0.29, 0.717) is 18.4 Å². The van der Waals surface area contributed by atoms with Gasteiger partial charge in [0, 0.05) is 13.0 Å². The first-order valence-electron chi connectivity index (χ1n) is 14.2. The Bertz CT molecular complexity index is 1280. The van der Waals surface area contributed by atoms with Crippen molar-refractivity contribution in [3.8, 4) is 0 Å². The third kappa shape index (κ3) is 9.53. The zero-order chi connectivity index (χ0) is 31.6. The Morgan fingerprint density at radius 3 is 2.21 bits per heavy atom. The van der Waals surface area contributed by atoms with Crippen LogP contribution in [0.5, 0.6) is 0 Å². The molecule has 1 heterocycles. The lowest BCUT2D eigenvalue weighted by atomic mass is 10.0. The minimum absolute atomic E-state index is 0.00759. The van der Waals surface area contributed by atoms with Crippen LogP contribution < -0.4 is 16.4 Å². The number of primary amides is 1. The Labute approximate surface area is 250 Å². The number of nitrogens with zero attached hydrogens (tertiary/aromatic N) is 1. The van der Waals surface area contributed by atoms with Crippen LogP contribution in [0.15, 0.2) is 60.7 Å². The number of nitrogens with two attached hydrogens (primary N) is 1. The highest BCUT2D eigenvalue weighted by Crippen LogP contribution is 2.31. The van der Waals surface area contributed by atoms with E-state index in [4.69, 9.17) is 15.2 Å². The van der Waals surface area contributed by atoms with Crippen LogP contribution in [-0.4, -0.2) is 69.7 Å². The molecule has 1 saturated heterocycles. The number of alkyl carbamates (subject to hydrolysis) is 1. The molecule has 43 heavy (non-hydrogen) atoms. The highest BCUT2D eigenvalue weighted by atomic mass is 16.6. The van der Waals surface area contributed by atoms with Gasteiger partial charge < -0.3 is 35.8 Å². The molecule has 2 aromatic carbocycles. The number of hydrogen-bond donors (Lipinski definition) is 4. The Hall–Kier alpha value is -4.45. The normalized spacial score (nSPS) is 18.8. The Morgan fingerprint density at radius 1 is 1.02 bits per heavy atom. The number of carbonyl (C=O) groups excluding carboxylic acids is 5. The molecule has 1 aliphatic heterocycles. The first-order chi connectivity index (χ1) is 20.3. The van der Waals surface area contributed by atoms with Crippen molar-refractivity contribution >= 4 is 29.8 Å². The van der Waals surface area contributed by atoms with Crippen molar-refractivity contribution in [2.75, 3.05) is 6.54 Å². The van der Waals surface area contributed by atoms with E-state index in [-0.39, 0.29) is 26.0 Å². The van der Waals surface area contributed by atoms with Gasteiger partial charge in [-0.25, -0.2) is 9.59 Å². The highest BCUT2D eigenvalue weighted by Gasteiger charge is 2.58. The molecule has 0 aromatic heterocycles. The van der Waals surface area contributed by atoms with Crippen LogP contribution in [0, 0.1) is 0 Å². The molecule has 0 unspecified atom stereocenters. The summed E-state index contributed by atoms with van der Waals surface area (Å²) in [5, 5.41) is 16.6. The largest absolute Gasteiger partial charge is 0.456 e. The van der Waals surface area contributed by atoms with Gasteiger partial charge in [-0.1, -0.05) is 60.7 Å². The second-order valence-corrected chi connectivity index (χ2v) is 11.4. The average molecular weight is 597 g/mol. The molecule has 3 rings (SSSR count).